The Labute approximate surface area is 102 Å². The molecule has 0 saturated carbocycles. The van der Waals surface area contributed by atoms with Crippen molar-refractivity contribution >= 4 is 11.8 Å². The van der Waals surface area contributed by atoms with Crippen molar-refractivity contribution in [1.29, 1.82) is 0 Å². The summed E-state index contributed by atoms with van der Waals surface area (Å²) in [4.78, 5) is 20.7. The molecule has 2 aromatic heterocycles. The fourth-order valence-electron chi connectivity index (χ4n) is 1.87. The number of aromatic nitrogens is 5. The van der Waals surface area contributed by atoms with Crippen LogP contribution < -0.4 is 4.90 Å². The highest BCUT2D eigenvalue weighted by atomic mass is 16.4. The van der Waals surface area contributed by atoms with Gasteiger partial charge in [-0.05, 0) is 0 Å². The van der Waals surface area contributed by atoms with E-state index < -0.39 is 5.97 Å². The number of fused-ring (bicyclic) bond motifs is 1. The molecule has 3 rings (SSSR count). The Bertz CT molecular complexity index is 596. The molecular formula is C10H10N6O2. The summed E-state index contributed by atoms with van der Waals surface area (Å²) in [5.74, 6) is 0.303. The van der Waals surface area contributed by atoms with Crippen LogP contribution in [0.1, 0.15) is 16.3 Å². The predicted molar refractivity (Wildman–Crippen MR) is 60.1 cm³/mol. The van der Waals surface area contributed by atoms with Crippen molar-refractivity contribution in [2.75, 3.05) is 11.4 Å². The molecule has 1 aliphatic heterocycles. The minimum absolute atomic E-state index is 0.0560. The van der Waals surface area contributed by atoms with E-state index in [1.165, 1.54) is 6.20 Å². The molecule has 1 aliphatic rings. The second kappa shape index (κ2) is 4.06. The summed E-state index contributed by atoms with van der Waals surface area (Å²) in [7, 11) is 0. The molecule has 0 fully saturated rings. The van der Waals surface area contributed by atoms with Crippen LogP contribution in [0.5, 0.6) is 0 Å². The number of nitrogens with zero attached hydrogens (tertiary/aromatic N) is 6. The van der Waals surface area contributed by atoms with Gasteiger partial charge in [0.2, 0.25) is 0 Å². The highest BCUT2D eigenvalue weighted by molar-refractivity contribution is 5.85. The minimum Gasteiger partial charge on any atom is -0.476 e. The van der Waals surface area contributed by atoms with Gasteiger partial charge in [0, 0.05) is 13.1 Å². The summed E-state index contributed by atoms with van der Waals surface area (Å²) < 4.78 is 1.96. The van der Waals surface area contributed by atoms with Gasteiger partial charge in [-0.15, -0.1) is 10.2 Å². The summed E-state index contributed by atoms with van der Waals surface area (Å²) in [6.45, 7) is 2.03. The monoisotopic (exact) mass is 246 g/mol. The Balaban J connectivity index is 1.88. The summed E-state index contributed by atoms with van der Waals surface area (Å²) in [5.41, 5.74) is -0.0560. The molecule has 8 nitrogen and oxygen atoms in total. The summed E-state index contributed by atoms with van der Waals surface area (Å²) in [5, 5.41) is 16.7. The van der Waals surface area contributed by atoms with Crippen molar-refractivity contribution in [2.24, 2.45) is 0 Å². The lowest BCUT2D eigenvalue weighted by atomic mass is 10.3. The quantitative estimate of drug-likeness (QED) is 0.782. The highest BCUT2D eigenvalue weighted by Gasteiger charge is 2.19. The Morgan fingerprint density at radius 2 is 2.22 bits per heavy atom. The van der Waals surface area contributed by atoms with E-state index in [2.05, 4.69) is 20.2 Å². The Morgan fingerprint density at radius 3 is 3.06 bits per heavy atom. The number of carboxylic acids is 1. The van der Waals surface area contributed by atoms with E-state index in [1.807, 2.05) is 9.47 Å². The van der Waals surface area contributed by atoms with E-state index in [-0.39, 0.29) is 5.69 Å². The van der Waals surface area contributed by atoms with Crippen molar-refractivity contribution < 1.29 is 9.90 Å². The maximum absolute atomic E-state index is 10.8. The standard InChI is InChI=1S/C10H10N6O2/c17-10(18)7-3-11-4-8(13-7)15-1-2-16-6-12-14-9(16)5-15/h3-4,6H,1-2,5H2,(H,17,18). The predicted octanol–water partition coefficient (Wildman–Crippen LogP) is -0.214. The summed E-state index contributed by atoms with van der Waals surface area (Å²) in [6, 6.07) is 0. The third-order valence-electron chi connectivity index (χ3n) is 2.80. The van der Waals surface area contributed by atoms with Gasteiger partial charge in [-0.25, -0.2) is 9.78 Å². The molecule has 0 amide bonds. The first-order valence-electron chi connectivity index (χ1n) is 5.41. The molecule has 0 aromatic carbocycles. The van der Waals surface area contributed by atoms with Crippen molar-refractivity contribution in [3.8, 4) is 0 Å². The van der Waals surface area contributed by atoms with Gasteiger partial charge >= 0.3 is 5.97 Å². The van der Waals surface area contributed by atoms with Crippen LogP contribution in [0, 0.1) is 0 Å². The lowest BCUT2D eigenvalue weighted by Gasteiger charge is -2.27. The van der Waals surface area contributed by atoms with Gasteiger partial charge in [-0.2, -0.15) is 0 Å². The molecule has 3 heterocycles. The molecule has 8 heteroatoms. The maximum Gasteiger partial charge on any atom is 0.356 e. The molecule has 0 radical (unpaired) electrons. The van der Waals surface area contributed by atoms with Gasteiger partial charge in [0.25, 0.3) is 0 Å². The SMILES string of the molecule is O=C(O)c1cncc(N2CCn3cnnc3C2)n1. The molecule has 0 unspecified atom stereocenters. The van der Waals surface area contributed by atoms with E-state index in [9.17, 15) is 4.79 Å². The summed E-state index contributed by atoms with van der Waals surface area (Å²) in [6.07, 6.45) is 4.47. The topological polar surface area (TPSA) is 97.0 Å². The van der Waals surface area contributed by atoms with Crippen molar-refractivity contribution in [3.05, 3.63) is 30.2 Å². The van der Waals surface area contributed by atoms with Crippen LogP contribution in [0.2, 0.25) is 0 Å². The first-order valence-corrected chi connectivity index (χ1v) is 5.41. The molecule has 0 atom stereocenters. The zero-order valence-corrected chi connectivity index (χ0v) is 9.39. The molecule has 1 N–H and O–H groups in total. The second-order valence-corrected chi connectivity index (χ2v) is 3.93. The van der Waals surface area contributed by atoms with E-state index in [0.29, 0.717) is 12.4 Å². The largest absolute Gasteiger partial charge is 0.476 e. The number of carbonyl (C=O) groups is 1. The molecule has 18 heavy (non-hydrogen) atoms. The Hall–Kier alpha value is -2.51. The fraction of sp³-hybridized carbons (Fsp3) is 0.300. The minimum atomic E-state index is -1.08. The molecular weight excluding hydrogens is 236 g/mol. The van der Waals surface area contributed by atoms with Gasteiger partial charge in [0.1, 0.15) is 12.1 Å². The maximum atomic E-state index is 10.8. The molecule has 0 saturated heterocycles. The van der Waals surface area contributed by atoms with Crippen LogP contribution in [0.3, 0.4) is 0 Å². The highest BCUT2D eigenvalue weighted by Crippen LogP contribution is 2.16. The number of carboxylic acid groups (broad SMARTS) is 1. The first kappa shape index (κ1) is 10.6. The fourth-order valence-corrected chi connectivity index (χ4v) is 1.87. The normalized spacial score (nSPS) is 14.3. The lowest BCUT2D eigenvalue weighted by Crippen LogP contribution is -2.34. The van der Waals surface area contributed by atoms with Crippen molar-refractivity contribution in [2.45, 2.75) is 13.1 Å². The Morgan fingerprint density at radius 1 is 1.33 bits per heavy atom. The van der Waals surface area contributed by atoms with Crippen molar-refractivity contribution in [1.82, 2.24) is 24.7 Å². The number of rotatable bonds is 2. The average Bonchev–Trinajstić information content (AvgIpc) is 2.86. The molecule has 92 valence electrons. The van der Waals surface area contributed by atoms with Gasteiger partial charge in [0.05, 0.1) is 18.9 Å². The third-order valence-corrected chi connectivity index (χ3v) is 2.80. The lowest BCUT2D eigenvalue weighted by molar-refractivity contribution is 0.0690. The Kier molecular flexibility index (Phi) is 2.40. The van der Waals surface area contributed by atoms with Gasteiger partial charge in [0.15, 0.2) is 11.5 Å². The first-order chi connectivity index (χ1) is 8.74. The van der Waals surface area contributed by atoms with Crippen LogP contribution in [-0.4, -0.2) is 42.4 Å². The van der Waals surface area contributed by atoms with E-state index >= 15 is 0 Å². The zero-order chi connectivity index (χ0) is 12.5. The molecule has 2 aromatic rings. The van der Waals surface area contributed by atoms with Crippen LogP contribution in [0.25, 0.3) is 0 Å². The number of aromatic carboxylic acids is 1. The van der Waals surface area contributed by atoms with Crippen LogP contribution >= 0.6 is 0 Å². The zero-order valence-electron chi connectivity index (χ0n) is 9.39. The number of anilines is 1. The smallest absolute Gasteiger partial charge is 0.356 e. The van der Waals surface area contributed by atoms with Crippen LogP contribution in [0.4, 0.5) is 5.82 Å². The van der Waals surface area contributed by atoms with Gasteiger partial charge in [-0.1, -0.05) is 0 Å². The van der Waals surface area contributed by atoms with Crippen LogP contribution in [0.15, 0.2) is 18.7 Å². The molecule has 0 bridgehead atoms. The second-order valence-electron chi connectivity index (χ2n) is 3.93. The van der Waals surface area contributed by atoms with Crippen LogP contribution in [-0.2, 0) is 13.1 Å². The summed E-state index contributed by atoms with van der Waals surface area (Å²) >= 11 is 0. The third kappa shape index (κ3) is 1.77. The molecule has 0 spiro atoms. The number of hydrogen-bond donors (Lipinski definition) is 1. The van der Waals surface area contributed by atoms with E-state index in [4.69, 9.17) is 5.11 Å². The van der Waals surface area contributed by atoms with Gasteiger partial charge < -0.3 is 14.6 Å². The average molecular weight is 246 g/mol. The van der Waals surface area contributed by atoms with Gasteiger partial charge in [-0.3, -0.25) is 4.98 Å². The van der Waals surface area contributed by atoms with Crippen molar-refractivity contribution in [3.63, 3.8) is 0 Å². The number of hydrogen-bond acceptors (Lipinski definition) is 6. The van der Waals surface area contributed by atoms with E-state index in [0.717, 1.165) is 18.9 Å². The van der Waals surface area contributed by atoms with E-state index in [1.54, 1.807) is 12.5 Å². The molecule has 0 aliphatic carbocycles.